The number of halogens is 4. The van der Waals surface area contributed by atoms with Crippen LogP contribution < -0.4 is 0 Å². The summed E-state index contributed by atoms with van der Waals surface area (Å²) in [6.07, 6.45) is 8.19. The molecule has 4 unspecified atom stereocenters. The van der Waals surface area contributed by atoms with Crippen molar-refractivity contribution in [3.63, 3.8) is 0 Å². The van der Waals surface area contributed by atoms with Gasteiger partial charge in [0.05, 0.1) is 73.2 Å². The summed E-state index contributed by atoms with van der Waals surface area (Å²) in [6.45, 7) is 17.6. The quantitative estimate of drug-likeness (QED) is 0.0903. The van der Waals surface area contributed by atoms with Crippen LogP contribution in [0, 0.1) is 45.9 Å². The Morgan fingerprint density at radius 1 is 0.578 bits per heavy atom. The average molecular weight is 1470 g/mol. The van der Waals surface area contributed by atoms with Crippen LogP contribution in [0.4, 0.5) is 17.6 Å². The van der Waals surface area contributed by atoms with Crippen LogP contribution in [0.3, 0.4) is 0 Å². The third kappa shape index (κ3) is 16.8. The molecule has 0 amide bonds. The van der Waals surface area contributed by atoms with Gasteiger partial charge in [-0.05, 0) is 177 Å². The molecule has 0 saturated carbocycles. The van der Waals surface area contributed by atoms with Crippen molar-refractivity contribution in [1.82, 2.24) is 39.5 Å². The molecule has 10 aromatic rings. The summed E-state index contributed by atoms with van der Waals surface area (Å²) in [5.74, 6) is -2.71. The van der Waals surface area contributed by atoms with Gasteiger partial charge in [0.1, 0.15) is 23.3 Å². The lowest BCUT2D eigenvalue weighted by molar-refractivity contribution is -0.147. The van der Waals surface area contributed by atoms with E-state index >= 15 is 17.6 Å². The molecule has 2 aliphatic heterocycles. The number of carboxylic acids is 1. The van der Waals surface area contributed by atoms with E-state index in [9.17, 15) is 31.5 Å². The first kappa shape index (κ1) is 75.1. The molecule has 540 valence electrons. The number of aromatic nitrogens is 8. The highest BCUT2D eigenvalue weighted by Crippen LogP contribution is 2.45. The number of hydrogen-bond donors (Lipinski definition) is 3. The molecule has 0 fully saturated rings. The van der Waals surface area contributed by atoms with Crippen molar-refractivity contribution in [2.24, 2.45) is 36.8 Å². The van der Waals surface area contributed by atoms with Crippen LogP contribution in [0.25, 0.3) is 44.6 Å². The van der Waals surface area contributed by atoms with Crippen molar-refractivity contribution in [2.45, 2.75) is 157 Å². The van der Waals surface area contributed by atoms with Crippen molar-refractivity contribution in [3.8, 4) is 22.8 Å². The fraction of sp³-hybridized carbons (Fsp3) is 0.410. The van der Waals surface area contributed by atoms with Crippen LogP contribution in [0.5, 0.6) is 0 Å². The maximum Gasteiger partial charge on any atom is 0.308 e. The second-order valence-corrected chi connectivity index (χ2v) is 36.1. The van der Waals surface area contributed by atoms with Crippen LogP contribution in [0.2, 0.25) is 0 Å². The summed E-state index contributed by atoms with van der Waals surface area (Å²) in [4.78, 5) is 41.9. The Morgan fingerprint density at radius 3 is 1.41 bits per heavy atom. The van der Waals surface area contributed by atoms with E-state index in [0.29, 0.717) is 123 Å². The second-order valence-electron chi connectivity index (χ2n) is 29.5. The molecule has 16 nitrogen and oxygen atoms in total. The van der Waals surface area contributed by atoms with Gasteiger partial charge in [0.2, 0.25) is 0 Å². The number of hydrogen-bond acceptors (Lipinski definition) is 13. The zero-order valence-corrected chi connectivity index (χ0v) is 62.7. The number of H-pyrrole nitrogens is 2. The van der Waals surface area contributed by atoms with Gasteiger partial charge in [0, 0.05) is 58.1 Å². The van der Waals surface area contributed by atoms with Crippen LogP contribution in [0.1, 0.15) is 146 Å². The average Bonchev–Trinajstić information content (AvgIpc) is 1.67. The number of ether oxygens (including phenoxy) is 1. The second kappa shape index (κ2) is 30.0. The molecule has 4 aromatic heterocycles. The molecule has 3 N–H and O–H groups in total. The standard InChI is InChI=1S/C40H46F2N4O4S2.C38H42F2N4O4S2/c1-7-50-37(47)25(2)20-26-10-8-11-27(21-26)40(5)17-9-16-39(3,4)24-52(48,49)19-15-30-29-14-18-43-34(29)23-33(42)35(30)51-28-12-13-32(41)31(22-28)36-44-38(40)45-46(36)6;1-23(35(45)46)18-24-8-6-9-25(19-24)38(4)15-7-14-37(2,3)22-50(47,48)17-13-28-27-12-16-41-32(27)21-31(40)33(28)49-26-10-11-30(39)29(20-26)34-42-36(38)43-44(34)5/h8,10-14,18,21-23,25,43H,7,9,15-17,19-20,24H2,1-6H3;6,8-12,16,19-21,23,41H,7,13-15,17-18,22H2,1-5H3,(H,45,46). The number of aliphatic carboxylic acids is 1. The van der Waals surface area contributed by atoms with Crippen molar-refractivity contribution in [1.29, 1.82) is 0 Å². The number of carbonyl (C=O) groups excluding carboxylic acids is 1. The topological polar surface area (TPSA) is 225 Å². The van der Waals surface area contributed by atoms with Crippen LogP contribution in [0.15, 0.2) is 141 Å². The Labute approximate surface area is 602 Å². The Hall–Kier alpha value is -8.06. The predicted molar refractivity (Wildman–Crippen MR) is 393 cm³/mol. The molecule has 0 aliphatic carbocycles. The van der Waals surface area contributed by atoms with Crippen molar-refractivity contribution >= 4 is 76.9 Å². The first-order valence-electron chi connectivity index (χ1n) is 34.5. The number of sulfone groups is 2. The number of benzene rings is 6. The minimum atomic E-state index is -3.55. The van der Waals surface area contributed by atoms with E-state index in [1.165, 1.54) is 24.3 Å². The van der Waals surface area contributed by atoms with Gasteiger partial charge >= 0.3 is 11.9 Å². The monoisotopic (exact) mass is 1470 g/mol. The molecular weight excluding hydrogens is 1380 g/mol. The number of nitrogens with zero attached hydrogens (tertiary/aromatic N) is 6. The molecule has 102 heavy (non-hydrogen) atoms. The zero-order valence-electron chi connectivity index (χ0n) is 59.4. The van der Waals surface area contributed by atoms with Crippen molar-refractivity contribution in [2.75, 3.05) is 29.6 Å². The highest BCUT2D eigenvalue weighted by molar-refractivity contribution is 7.99. The fourth-order valence-electron chi connectivity index (χ4n) is 14.4. The first-order chi connectivity index (χ1) is 48.1. The molecule has 0 saturated heterocycles. The maximum atomic E-state index is 15.8. The fourth-order valence-corrected chi connectivity index (χ4v) is 20.5. The lowest BCUT2D eigenvalue weighted by atomic mass is 9.75. The Morgan fingerprint density at radius 2 is 1.00 bits per heavy atom. The summed E-state index contributed by atoms with van der Waals surface area (Å²) in [6, 6.07) is 31.4. The van der Waals surface area contributed by atoms with Gasteiger partial charge in [-0.1, -0.05) is 126 Å². The van der Waals surface area contributed by atoms with E-state index in [1.807, 2.05) is 96.1 Å². The summed E-state index contributed by atoms with van der Waals surface area (Å²) >= 11 is 2.27. The molecule has 8 bridgehead atoms. The number of carboxylic acid groups (broad SMARTS) is 1. The van der Waals surface area contributed by atoms with E-state index < -0.39 is 76.5 Å². The van der Waals surface area contributed by atoms with E-state index in [4.69, 9.17) is 24.9 Å². The number of rotatable bonds is 9. The summed E-state index contributed by atoms with van der Waals surface area (Å²) in [7, 11) is -3.64. The molecule has 4 atom stereocenters. The van der Waals surface area contributed by atoms with Gasteiger partial charge in [-0.3, -0.25) is 9.59 Å². The van der Waals surface area contributed by atoms with E-state index in [-0.39, 0.29) is 58.9 Å². The van der Waals surface area contributed by atoms with Crippen LogP contribution in [-0.2, 0) is 84.6 Å². The summed E-state index contributed by atoms with van der Waals surface area (Å²) in [5.41, 5.74) is 3.82. The normalized spacial score (nSPS) is 19.9. The smallest absolute Gasteiger partial charge is 0.308 e. The van der Waals surface area contributed by atoms with Gasteiger partial charge in [-0.2, -0.15) is 10.2 Å². The Bertz CT molecular complexity index is 5050. The molecule has 2 aliphatic rings. The molecule has 0 radical (unpaired) electrons. The molecular formula is C78H88F4N8O8S4. The lowest BCUT2D eigenvalue weighted by Gasteiger charge is -2.31. The highest BCUT2D eigenvalue weighted by atomic mass is 32.2. The third-order valence-electron chi connectivity index (χ3n) is 20.0. The molecule has 24 heteroatoms. The summed E-state index contributed by atoms with van der Waals surface area (Å²) < 4.78 is 126. The molecule has 6 heterocycles. The maximum absolute atomic E-state index is 15.8. The van der Waals surface area contributed by atoms with Gasteiger partial charge in [0.15, 0.2) is 43.0 Å². The molecule has 12 rings (SSSR count). The number of aromatic amines is 2. The van der Waals surface area contributed by atoms with Gasteiger partial charge in [-0.25, -0.2) is 53.7 Å². The van der Waals surface area contributed by atoms with E-state index in [1.54, 1.807) is 74.0 Å². The van der Waals surface area contributed by atoms with Crippen molar-refractivity contribution in [3.05, 3.63) is 190 Å². The largest absolute Gasteiger partial charge is 0.481 e. The molecule has 0 spiro atoms. The van der Waals surface area contributed by atoms with Crippen LogP contribution in [-0.4, -0.2) is 103 Å². The number of fused-ring (bicyclic) bond motifs is 16. The molecule has 6 aromatic carbocycles. The van der Waals surface area contributed by atoms with Crippen molar-refractivity contribution < 1.29 is 53.8 Å². The SMILES string of the molecule is CC(Cc1cccc(C2(C)CCCC(C)(C)CS(=O)(=O)CCc3c(c(F)cc4[nH]ccc34)Sc3ccc(F)c(c3)-c3nc2nn3C)c1)C(=O)O.CCOC(=O)C(C)Cc1cccc(C2(C)CCCC(C)(C)CS(=O)(=O)CCc3c(c(F)cc4[nH]ccc34)Sc3ccc(F)c(c3)-c3nc2nn3C)c1. The van der Waals surface area contributed by atoms with E-state index in [0.717, 1.165) is 56.6 Å². The minimum absolute atomic E-state index is 0.0146. The Kier molecular flexibility index (Phi) is 22.1. The Balaban J connectivity index is 0.000000205. The third-order valence-corrected chi connectivity index (χ3v) is 26.3. The summed E-state index contributed by atoms with van der Waals surface area (Å²) in [5, 5.41) is 20.7. The van der Waals surface area contributed by atoms with E-state index in [2.05, 4.69) is 23.0 Å². The van der Waals surface area contributed by atoms with Gasteiger partial charge in [-0.15, -0.1) is 0 Å². The number of esters is 1. The van der Waals surface area contributed by atoms with Gasteiger partial charge < -0.3 is 19.8 Å². The number of aryl methyl sites for hydroxylation is 4. The minimum Gasteiger partial charge on any atom is -0.481 e. The van der Waals surface area contributed by atoms with Gasteiger partial charge in [0.25, 0.3) is 0 Å². The highest BCUT2D eigenvalue weighted by Gasteiger charge is 2.39. The number of nitrogens with one attached hydrogen (secondary N) is 2. The first-order valence-corrected chi connectivity index (χ1v) is 39.8. The predicted octanol–water partition coefficient (Wildman–Crippen LogP) is 16.7. The van der Waals surface area contributed by atoms with Crippen LogP contribution >= 0.6 is 23.5 Å². The zero-order chi connectivity index (χ0) is 73.4. The number of carbonyl (C=O) groups is 2. The lowest BCUT2D eigenvalue weighted by Crippen LogP contribution is -2.29.